The second-order valence-electron chi connectivity index (χ2n) is 8.28. The van der Waals surface area contributed by atoms with Gasteiger partial charge in [-0.3, -0.25) is 10.1 Å². The van der Waals surface area contributed by atoms with Crippen LogP contribution in [0.5, 0.6) is 5.75 Å². The van der Waals surface area contributed by atoms with Crippen LogP contribution in [-0.4, -0.2) is 28.3 Å². The molecule has 5 aromatic rings. The highest BCUT2D eigenvalue weighted by Gasteiger charge is 2.18. The number of fused-ring (bicyclic) bond motifs is 3. The lowest BCUT2D eigenvalue weighted by Crippen LogP contribution is -1.90. The van der Waals surface area contributed by atoms with E-state index < -0.39 is 0 Å². The molecule has 0 saturated carbocycles. The number of aryl methyl sites for hydroxylation is 1. The van der Waals surface area contributed by atoms with E-state index in [0.29, 0.717) is 0 Å². The molecular weight excluding hydrogens is 442 g/mol. The largest absolute Gasteiger partial charge is 0.492 e. The Morgan fingerprint density at radius 3 is 2.82 bits per heavy atom. The molecule has 6 heteroatoms. The summed E-state index contributed by atoms with van der Waals surface area (Å²) in [6, 6.07) is 22.9. The Hall–Kier alpha value is -3.32. The van der Waals surface area contributed by atoms with Crippen LogP contribution in [0.4, 0.5) is 0 Å². The molecule has 5 nitrogen and oxygen atoms in total. The molecule has 0 bridgehead atoms. The number of nitrogens with zero attached hydrogens (tertiary/aromatic N) is 1. The molecule has 172 valence electrons. The fourth-order valence-electron chi connectivity index (χ4n) is 4.39. The Labute approximate surface area is 203 Å². The summed E-state index contributed by atoms with van der Waals surface area (Å²) in [5.74, 6) is 0.953. The zero-order valence-corrected chi connectivity index (χ0v) is 19.6. The van der Waals surface area contributed by atoms with E-state index in [9.17, 15) is 0 Å². The SMILES string of the molecule is NSc1cc(-c2ccc3ncccc3c2)cc2c1OCC2.OCCCc1c[nH]c2ccccc12. The van der Waals surface area contributed by atoms with Crippen molar-refractivity contribution in [2.24, 2.45) is 5.14 Å². The Kier molecular flexibility index (Phi) is 6.81. The summed E-state index contributed by atoms with van der Waals surface area (Å²) < 4.78 is 5.67. The standard InChI is InChI=1S/C17H14N2OS.C11H13NO/c18-21-16-10-14(9-13-5-7-20-17(13)16)11-3-4-15-12(8-11)2-1-6-19-15;13-7-3-4-9-8-12-11-6-2-1-5-10(9)11/h1-4,6,8-10H,5,7,18H2;1-2,5-6,8,12-13H,3-4,7H2. The van der Waals surface area contributed by atoms with Gasteiger partial charge in [-0.25, -0.2) is 0 Å². The quantitative estimate of drug-likeness (QED) is 0.279. The minimum atomic E-state index is 0.263. The molecule has 4 N–H and O–H groups in total. The maximum absolute atomic E-state index is 8.73. The Bertz CT molecular complexity index is 1430. The van der Waals surface area contributed by atoms with Crippen molar-refractivity contribution in [2.75, 3.05) is 13.2 Å². The highest BCUT2D eigenvalue weighted by Crippen LogP contribution is 2.38. The van der Waals surface area contributed by atoms with E-state index in [-0.39, 0.29) is 6.61 Å². The summed E-state index contributed by atoms with van der Waals surface area (Å²) in [5.41, 5.74) is 7.09. The van der Waals surface area contributed by atoms with Gasteiger partial charge < -0.3 is 14.8 Å². The van der Waals surface area contributed by atoms with E-state index in [1.807, 2.05) is 30.6 Å². The topological polar surface area (TPSA) is 84.2 Å². The van der Waals surface area contributed by atoms with Gasteiger partial charge in [0.2, 0.25) is 0 Å². The smallest absolute Gasteiger partial charge is 0.137 e. The highest BCUT2D eigenvalue weighted by atomic mass is 32.2. The molecule has 3 aromatic carbocycles. The predicted molar refractivity (Wildman–Crippen MR) is 140 cm³/mol. The summed E-state index contributed by atoms with van der Waals surface area (Å²) in [6.45, 7) is 1.01. The van der Waals surface area contributed by atoms with Crippen molar-refractivity contribution in [2.45, 2.75) is 24.2 Å². The molecule has 0 atom stereocenters. The van der Waals surface area contributed by atoms with E-state index in [4.69, 9.17) is 15.0 Å². The van der Waals surface area contributed by atoms with E-state index in [1.165, 1.54) is 45.1 Å². The number of nitrogens with one attached hydrogen (secondary N) is 1. The van der Waals surface area contributed by atoms with E-state index in [2.05, 4.69) is 58.5 Å². The summed E-state index contributed by atoms with van der Waals surface area (Å²) in [6.07, 6.45) is 6.58. The lowest BCUT2D eigenvalue weighted by atomic mass is 10.0. The summed E-state index contributed by atoms with van der Waals surface area (Å²) in [5, 5.41) is 16.9. The summed E-state index contributed by atoms with van der Waals surface area (Å²) in [7, 11) is 0. The zero-order chi connectivity index (χ0) is 23.3. The first-order valence-corrected chi connectivity index (χ1v) is 12.3. The number of benzene rings is 3. The van der Waals surface area contributed by atoms with Gasteiger partial charge in [-0.05, 0) is 83.4 Å². The number of aliphatic hydroxyl groups excluding tert-OH is 1. The lowest BCUT2D eigenvalue weighted by Gasteiger charge is -2.10. The number of aromatic amines is 1. The average molecular weight is 470 g/mol. The van der Waals surface area contributed by atoms with Crippen LogP contribution < -0.4 is 9.88 Å². The van der Waals surface area contributed by atoms with Gasteiger partial charge in [0.25, 0.3) is 0 Å². The van der Waals surface area contributed by atoms with Crippen LogP contribution in [0.3, 0.4) is 0 Å². The number of H-pyrrole nitrogens is 1. The molecule has 2 aromatic heterocycles. The van der Waals surface area contributed by atoms with Gasteiger partial charge in [0, 0.05) is 41.7 Å². The van der Waals surface area contributed by atoms with Gasteiger partial charge in [0.15, 0.2) is 0 Å². The van der Waals surface area contributed by atoms with Gasteiger partial charge >= 0.3 is 0 Å². The van der Waals surface area contributed by atoms with Crippen LogP contribution in [0.25, 0.3) is 32.9 Å². The molecular formula is C28H27N3O2S. The average Bonchev–Trinajstić information content (AvgIpc) is 3.54. The molecule has 6 rings (SSSR count). The third-order valence-corrected chi connectivity index (χ3v) is 6.65. The number of aromatic nitrogens is 2. The number of ether oxygens (including phenoxy) is 1. The second kappa shape index (κ2) is 10.3. The molecule has 1 aliphatic rings. The third kappa shape index (κ3) is 4.66. The Morgan fingerprint density at radius 1 is 1.03 bits per heavy atom. The van der Waals surface area contributed by atoms with Crippen LogP contribution in [0.1, 0.15) is 17.5 Å². The molecule has 0 amide bonds. The first kappa shape index (κ1) is 22.5. The van der Waals surface area contributed by atoms with Crippen molar-refractivity contribution in [3.8, 4) is 16.9 Å². The fourth-order valence-corrected chi connectivity index (χ4v) is 4.88. The molecule has 0 unspecified atom stereocenters. The molecule has 0 radical (unpaired) electrons. The van der Waals surface area contributed by atoms with Crippen LogP contribution in [0, 0.1) is 0 Å². The van der Waals surface area contributed by atoms with Crippen LogP contribution >= 0.6 is 11.9 Å². The Morgan fingerprint density at radius 2 is 1.94 bits per heavy atom. The van der Waals surface area contributed by atoms with Crippen molar-refractivity contribution in [1.82, 2.24) is 9.97 Å². The number of para-hydroxylation sites is 1. The van der Waals surface area contributed by atoms with E-state index >= 15 is 0 Å². The predicted octanol–water partition coefficient (Wildman–Crippen LogP) is 5.90. The van der Waals surface area contributed by atoms with Crippen molar-refractivity contribution < 1.29 is 9.84 Å². The summed E-state index contributed by atoms with van der Waals surface area (Å²) >= 11 is 1.25. The van der Waals surface area contributed by atoms with Gasteiger partial charge in [-0.1, -0.05) is 30.3 Å². The van der Waals surface area contributed by atoms with Crippen molar-refractivity contribution in [3.63, 3.8) is 0 Å². The molecule has 34 heavy (non-hydrogen) atoms. The molecule has 0 fully saturated rings. The number of pyridine rings is 1. The van der Waals surface area contributed by atoms with E-state index in [0.717, 1.165) is 47.4 Å². The first-order chi connectivity index (χ1) is 16.8. The van der Waals surface area contributed by atoms with Crippen LogP contribution in [0.15, 0.2) is 84.0 Å². The summed E-state index contributed by atoms with van der Waals surface area (Å²) in [4.78, 5) is 8.58. The fraction of sp³-hybridized carbons (Fsp3) is 0.179. The van der Waals surface area contributed by atoms with Crippen LogP contribution in [-0.2, 0) is 12.8 Å². The number of aliphatic hydroxyl groups is 1. The zero-order valence-electron chi connectivity index (χ0n) is 18.8. The number of nitrogens with two attached hydrogens (primary N) is 1. The van der Waals surface area contributed by atoms with E-state index in [1.54, 1.807) is 0 Å². The highest BCUT2D eigenvalue weighted by molar-refractivity contribution is 7.97. The molecule has 0 saturated heterocycles. The van der Waals surface area contributed by atoms with Gasteiger partial charge in [0.1, 0.15) is 5.75 Å². The molecule has 1 aliphatic heterocycles. The van der Waals surface area contributed by atoms with Crippen molar-refractivity contribution in [1.29, 1.82) is 0 Å². The lowest BCUT2D eigenvalue weighted by molar-refractivity contribution is 0.289. The maximum Gasteiger partial charge on any atom is 0.137 e. The molecule has 3 heterocycles. The van der Waals surface area contributed by atoms with Gasteiger partial charge in [-0.2, -0.15) is 0 Å². The minimum absolute atomic E-state index is 0.263. The third-order valence-electron chi connectivity index (χ3n) is 6.09. The molecule has 0 aliphatic carbocycles. The number of rotatable bonds is 5. The first-order valence-electron chi connectivity index (χ1n) is 11.4. The van der Waals surface area contributed by atoms with Gasteiger partial charge in [-0.15, -0.1) is 0 Å². The maximum atomic E-state index is 8.73. The van der Waals surface area contributed by atoms with Gasteiger partial charge in [0.05, 0.1) is 17.0 Å². The monoisotopic (exact) mass is 469 g/mol. The normalized spacial score (nSPS) is 12.3. The minimum Gasteiger partial charge on any atom is -0.492 e. The second-order valence-corrected chi connectivity index (χ2v) is 8.95. The Balaban J connectivity index is 0.000000159. The van der Waals surface area contributed by atoms with Crippen molar-refractivity contribution >= 4 is 33.8 Å². The number of hydrogen-bond donors (Lipinski definition) is 3. The van der Waals surface area contributed by atoms with Crippen LogP contribution in [0.2, 0.25) is 0 Å². The number of hydrogen-bond acceptors (Lipinski definition) is 5. The molecule has 0 spiro atoms. The van der Waals surface area contributed by atoms with Crippen molar-refractivity contribution in [3.05, 3.63) is 90.3 Å².